The van der Waals surface area contributed by atoms with Crippen LogP contribution in [0.3, 0.4) is 0 Å². The number of fused-ring (bicyclic) bond motifs is 9. The Bertz CT molecular complexity index is 2970. The third-order valence-electron chi connectivity index (χ3n) is 14.9. The normalized spacial score (nSPS) is 18.0. The Kier molecular flexibility index (Phi) is 7.83. The van der Waals surface area contributed by atoms with Crippen LogP contribution >= 0.6 is 0 Å². The molecule has 0 atom stereocenters. The molecule has 3 aliphatic carbocycles. The fraction of sp³-hybridized carbons (Fsp3) is 0.186. The van der Waals surface area contributed by atoms with E-state index >= 15 is 0 Å². The number of rotatable bonds is 4. The summed E-state index contributed by atoms with van der Waals surface area (Å²) in [6.45, 7) is 9.48. The van der Waals surface area contributed by atoms with Gasteiger partial charge in [-0.1, -0.05) is 167 Å². The fourth-order valence-electron chi connectivity index (χ4n) is 11.8. The number of allylic oxidation sites excluding steroid dienone is 4. The predicted molar refractivity (Wildman–Crippen MR) is 256 cm³/mol. The van der Waals surface area contributed by atoms with Crippen molar-refractivity contribution in [2.75, 3.05) is 9.80 Å². The number of hydrogen-bond acceptors (Lipinski definition) is 2. The fourth-order valence-corrected chi connectivity index (χ4v) is 11.8. The van der Waals surface area contributed by atoms with Crippen LogP contribution in [0.1, 0.15) is 90.6 Å². The molecule has 0 N–H and O–H groups in total. The molecule has 7 aromatic carbocycles. The minimum atomic E-state index is -0.121. The molecule has 0 amide bonds. The zero-order valence-electron chi connectivity index (χ0n) is 35.5. The van der Waals surface area contributed by atoms with Crippen molar-refractivity contribution in [1.82, 2.24) is 0 Å². The van der Waals surface area contributed by atoms with Crippen molar-refractivity contribution in [2.45, 2.75) is 69.6 Å². The summed E-state index contributed by atoms with van der Waals surface area (Å²) in [5.41, 5.74) is 24.1. The van der Waals surface area contributed by atoms with Crippen LogP contribution in [0.4, 0.5) is 28.4 Å². The third-order valence-corrected chi connectivity index (χ3v) is 14.9. The van der Waals surface area contributed by atoms with Crippen molar-refractivity contribution < 1.29 is 0 Å². The van der Waals surface area contributed by atoms with Gasteiger partial charge in [-0.3, -0.25) is 0 Å². The predicted octanol–water partition coefficient (Wildman–Crippen LogP) is 15.1. The van der Waals surface area contributed by atoms with Crippen LogP contribution in [-0.2, 0) is 29.1 Å². The maximum Gasteiger partial charge on any atom is 0.0502 e. The van der Waals surface area contributed by atoms with Crippen LogP contribution in [0.15, 0.2) is 181 Å². The smallest absolute Gasteiger partial charge is 0.0502 e. The van der Waals surface area contributed by atoms with Crippen LogP contribution in [-0.4, -0.2) is 0 Å². The Labute approximate surface area is 360 Å². The first-order chi connectivity index (χ1) is 29.7. The van der Waals surface area contributed by atoms with E-state index in [1.54, 1.807) is 0 Å². The van der Waals surface area contributed by atoms with Gasteiger partial charge in [-0.15, -0.1) is 0 Å². The zero-order chi connectivity index (χ0) is 41.1. The standard InChI is InChI=1S/C59H50N2/c1-57(2)47-17-7-11-21-53(47)60(54-22-12-8-18-48(54)57)43-30-27-39(28-31-43)25-26-40-29-33-45-46-34-32-44(36-52(46)59(51(45)35-40)37-41-15-5-6-16-42(41)38-59)61-55-23-13-9-19-49(55)58(3,4)50-20-10-14-24-56(50)61/h5-13,15-23,25-36H,14,24,37-38H2,1-4H3/b26-25+. The summed E-state index contributed by atoms with van der Waals surface area (Å²) in [7, 11) is 0. The minimum Gasteiger partial charge on any atom is -0.314 e. The second-order valence-corrected chi connectivity index (χ2v) is 18.9. The van der Waals surface area contributed by atoms with E-state index in [0.29, 0.717) is 0 Å². The molecule has 0 unspecified atom stereocenters. The lowest BCUT2D eigenvalue weighted by molar-refractivity contribution is 0.563. The number of hydrogen-bond donors (Lipinski definition) is 0. The van der Waals surface area contributed by atoms with E-state index in [1.165, 1.54) is 101 Å². The Morgan fingerprint density at radius 3 is 1.62 bits per heavy atom. The first-order valence-corrected chi connectivity index (χ1v) is 22.2. The van der Waals surface area contributed by atoms with Crippen molar-refractivity contribution in [1.29, 1.82) is 0 Å². The van der Waals surface area contributed by atoms with Crippen molar-refractivity contribution in [2.24, 2.45) is 0 Å². The van der Waals surface area contributed by atoms with E-state index in [2.05, 4.69) is 220 Å². The van der Waals surface area contributed by atoms with Gasteiger partial charge in [0.25, 0.3) is 0 Å². The van der Waals surface area contributed by atoms with Gasteiger partial charge in [-0.05, 0) is 135 Å². The number of anilines is 5. The molecule has 0 saturated heterocycles. The Morgan fingerprint density at radius 2 is 0.967 bits per heavy atom. The summed E-state index contributed by atoms with van der Waals surface area (Å²) >= 11 is 0. The summed E-state index contributed by atoms with van der Waals surface area (Å²) in [5, 5.41) is 0. The molecule has 61 heavy (non-hydrogen) atoms. The molecule has 0 saturated carbocycles. The van der Waals surface area contributed by atoms with Crippen LogP contribution in [0, 0.1) is 0 Å². The average Bonchev–Trinajstić information content (AvgIpc) is 3.81. The van der Waals surface area contributed by atoms with Gasteiger partial charge < -0.3 is 9.80 Å². The molecule has 296 valence electrons. The average molecular weight is 787 g/mol. The quantitative estimate of drug-likeness (QED) is 0.164. The minimum absolute atomic E-state index is 0.0458. The first kappa shape index (κ1) is 36.2. The van der Waals surface area contributed by atoms with Gasteiger partial charge in [-0.25, -0.2) is 0 Å². The van der Waals surface area contributed by atoms with Crippen molar-refractivity contribution >= 4 is 40.6 Å². The maximum absolute atomic E-state index is 2.60. The van der Waals surface area contributed by atoms with Crippen molar-refractivity contribution in [3.8, 4) is 11.1 Å². The second kappa shape index (κ2) is 13.2. The van der Waals surface area contributed by atoms with Gasteiger partial charge in [-0.2, -0.15) is 0 Å². The van der Waals surface area contributed by atoms with E-state index in [-0.39, 0.29) is 16.2 Å². The molecule has 2 nitrogen and oxygen atoms in total. The molecule has 12 rings (SSSR count). The lowest BCUT2D eigenvalue weighted by atomic mass is 9.71. The van der Waals surface area contributed by atoms with Gasteiger partial charge in [0.15, 0.2) is 0 Å². The van der Waals surface area contributed by atoms with E-state index in [0.717, 1.165) is 25.7 Å². The Hall–Kier alpha value is -6.64. The maximum atomic E-state index is 2.60. The SMILES string of the molecule is CC1(C)C2=C(CCC=C2)N(c2ccc3c(c2)C2(Cc4ccccc4C2)c2cc(/C=C/c4ccc(N5c6ccccc6C(C)(C)c6ccccc65)cc4)ccc2-3)c2ccccc21. The van der Waals surface area contributed by atoms with E-state index in [9.17, 15) is 0 Å². The summed E-state index contributed by atoms with van der Waals surface area (Å²) in [6, 6.07) is 59.7. The topological polar surface area (TPSA) is 6.48 Å². The summed E-state index contributed by atoms with van der Waals surface area (Å²) in [6.07, 6.45) is 13.5. The van der Waals surface area contributed by atoms with Gasteiger partial charge in [0.2, 0.25) is 0 Å². The van der Waals surface area contributed by atoms with E-state index in [1.807, 2.05) is 0 Å². The first-order valence-electron chi connectivity index (χ1n) is 22.2. The highest BCUT2D eigenvalue weighted by Crippen LogP contribution is 2.58. The molecule has 5 aliphatic rings. The number of benzene rings is 7. The molecule has 7 aromatic rings. The Morgan fingerprint density at radius 1 is 0.459 bits per heavy atom. The highest BCUT2D eigenvalue weighted by molar-refractivity contribution is 5.89. The lowest BCUT2D eigenvalue weighted by Gasteiger charge is -2.44. The van der Waals surface area contributed by atoms with Gasteiger partial charge in [0, 0.05) is 39.0 Å². The molecule has 2 aliphatic heterocycles. The van der Waals surface area contributed by atoms with E-state index in [4.69, 9.17) is 0 Å². The van der Waals surface area contributed by atoms with Gasteiger partial charge >= 0.3 is 0 Å². The van der Waals surface area contributed by atoms with Gasteiger partial charge in [0.05, 0.1) is 11.4 Å². The second-order valence-electron chi connectivity index (χ2n) is 18.9. The molecular weight excluding hydrogens is 737 g/mol. The van der Waals surface area contributed by atoms with Crippen LogP contribution < -0.4 is 9.80 Å². The lowest BCUT2D eigenvalue weighted by Crippen LogP contribution is -2.35. The number of para-hydroxylation sites is 3. The van der Waals surface area contributed by atoms with E-state index < -0.39 is 0 Å². The van der Waals surface area contributed by atoms with Crippen LogP contribution in [0.5, 0.6) is 0 Å². The number of nitrogens with zero attached hydrogens (tertiary/aromatic N) is 2. The monoisotopic (exact) mass is 786 g/mol. The molecule has 0 bridgehead atoms. The molecule has 0 radical (unpaired) electrons. The van der Waals surface area contributed by atoms with Gasteiger partial charge in [0.1, 0.15) is 0 Å². The molecular formula is C59H50N2. The highest BCUT2D eigenvalue weighted by Gasteiger charge is 2.48. The highest BCUT2D eigenvalue weighted by atomic mass is 15.2. The molecule has 0 fully saturated rings. The van der Waals surface area contributed by atoms with Crippen LogP contribution in [0.2, 0.25) is 0 Å². The summed E-state index contributed by atoms with van der Waals surface area (Å²) in [5.74, 6) is 0. The Balaban J connectivity index is 0.912. The summed E-state index contributed by atoms with van der Waals surface area (Å²) in [4.78, 5) is 5.03. The molecule has 1 spiro atoms. The molecule has 2 heteroatoms. The molecule has 0 aromatic heterocycles. The van der Waals surface area contributed by atoms with Crippen molar-refractivity contribution in [3.05, 3.63) is 231 Å². The van der Waals surface area contributed by atoms with Crippen LogP contribution in [0.25, 0.3) is 23.3 Å². The zero-order valence-corrected chi connectivity index (χ0v) is 35.5. The third kappa shape index (κ3) is 5.27. The summed E-state index contributed by atoms with van der Waals surface area (Å²) < 4.78 is 0. The van der Waals surface area contributed by atoms with Crippen molar-refractivity contribution in [3.63, 3.8) is 0 Å². The molecule has 2 heterocycles. The largest absolute Gasteiger partial charge is 0.314 e.